The average molecular weight is 935 g/mol. The van der Waals surface area contributed by atoms with Crippen LogP contribution in [0.25, 0.3) is 51.3 Å². The molecule has 0 fully saturated rings. The topological polar surface area (TPSA) is 6.48 Å². The summed E-state index contributed by atoms with van der Waals surface area (Å²) in [6, 6.07) is 68.3. The number of benzene rings is 9. The van der Waals surface area contributed by atoms with Crippen LogP contribution in [0.3, 0.4) is 0 Å². The fourth-order valence-electron chi connectivity index (χ4n) is 12.2. The molecule has 11 rings (SSSR count). The lowest BCUT2D eigenvalue weighted by Crippen LogP contribution is -2.31. The van der Waals surface area contributed by atoms with Gasteiger partial charge in [-0.15, -0.1) is 0 Å². The molecular formula is C70H66N2. The second-order valence-electron chi connectivity index (χ2n) is 20.9. The summed E-state index contributed by atoms with van der Waals surface area (Å²) in [4.78, 5) is 5.03. The number of hydrogen-bond acceptors (Lipinski definition) is 2. The van der Waals surface area contributed by atoms with E-state index in [0.717, 1.165) is 25.7 Å². The molecule has 0 aliphatic carbocycles. The quantitative estimate of drug-likeness (QED) is 0.119. The standard InChI is InChI=1S/C70H66N2/c1-9-12-24-54-47(4)67(57-25-13-14-26-58(57)68(54)72-65-33-21-17-29-61(65)70(7,8)62-30-18-22-34-66(62)72)51-40-37-48(38-41-51)35-36-49-39-43-55(50(11-3)45-49)56-44-42-53(46-52(56)23-10-2)71-63-31-19-15-27-59(63)69(5,6)60-28-16-20-32-64(60)71/h12-22,24-46H,9-11,23H2,1-8H3. The molecule has 2 heteroatoms. The van der Waals surface area contributed by atoms with E-state index in [1.807, 2.05) is 0 Å². The Hall–Kier alpha value is -7.68. The summed E-state index contributed by atoms with van der Waals surface area (Å²) >= 11 is 0. The molecule has 2 nitrogen and oxygen atoms in total. The fraction of sp³-hybridized carbons (Fsp3) is 0.200. The SMILES string of the molecule is CCC=Cc1c(C)c(-c2ccc(C=Cc3ccc(-c4ccc(N5c6ccccc6C(C)(C)c6ccccc65)cc4CCC)c(CC)c3)cc2)c2ccccc2c1N1c2ccccc2C(C)(C)c2ccccc21. The minimum atomic E-state index is -0.133. The number of anilines is 6. The summed E-state index contributed by atoms with van der Waals surface area (Å²) in [6.45, 7) is 18.6. The molecule has 356 valence electrons. The molecule has 0 N–H and O–H groups in total. The molecule has 9 aromatic carbocycles. The molecule has 2 aliphatic heterocycles. The molecule has 9 aromatic rings. The van der Waals surface area contributed by atoms with Crippen molar-refractivity contribution in [2.75, 3.05) is 9.80 Å². The van der Waals surface area contributed by atoms with Crippen LogP contribution in [0.5, 0.6) is 0 Å². The Balaban J connectivity index is 0.923. The van der Waals surface area contributed by atoms with Crippen molar-refractivity contribution in [1.82, 2.24) is 0 Å². The van der Waals surface area contributed by atoms with Crippen molar-refractivity contribution in [1.29, 1.82) is 0 Å². The molecule has 0 aromatic heterocycles. The van der Waals surface area contributed by atoms with Gasteiger partial charge >= 0.3 is 0 Å². The second-order valence-corrected chi connectivity index (χ2v) is 20.9. The van der Waals surface area contributed by atoms with Crippen LogP contribution in [-0.2, 0) is 23.7 Å². The van der Waals surface area contributed by atoms with Gasteiger partial charge in [0, 0.05) is 27.5 Å². The summed E-state index contributed by atoms with van der Waals surface area (Å²) in [5, 5.41) is 2.51. The van der Waals surface area contributed by atoms with Crippen LogP contribution in [0.2, 0.25) is 0 Å². The highest BCUT2D eigenvalue weighted by Gasteiger charge is 2.39. The van der Waals surface area contributed by atoms with Crippen LogP contribution < -0.4 is 9.80 Å². The monoisotopic (exact) mass is 935 g/mol. The molecule has 0 bridgehead atoms. The molecule has 0 amide bonds. The number of aryl methyl sites for hydroxylation is 2. The van der Waals surface area contributed by atoms with Gasteiger partial charge in [0.15, 0.2) is 0 Å². The van der Waals surface area contributed by atoms with Gasteiger partial charge in [0.2, 0.25) is 0 Å². The lowest BCUT2D eigenvalue weighted by atomic mass is 9.73. The largest absolute Gasteiger partial charge is 0.310 e. The zero-order valence-electron chi connectivity index (χ0n) is 43.4. The Kier molecular flexibility index (Phi) is 12.2. The van der Waals surface area contributed by atoms with Crippen LogP contribution in [0.1, 0.15) is 117 Å². The van der Waals surface area contributed by atoms with E-state index >= 15 is 0 Å². The predicted molar refractivity (Wildman–Crippen MR) is 311 cm³/mol. The first-order valence-corrected chi connectivity index (χ1v) is 26.3. The summed E-state index contributed by atoms with van der Waals surface area (Å²) in [6.07, 6.45) is 13.2. The molecule has 72 heavy (non-hydrogen) atoms. The molecule has 0 saturated heterocycles. The van der Waals surface area contributed by atoms with E-state index in [-0.39, 0.29) is 10.8 Å². The van der Waals surface area contributed by atoms with E-state index in [0.29, 0.717) is 0 Å². The Labute approximate surface area is 428 Å². The highest BCUT2D eigenvalue weighted by molar-refractivity contribution is 6.11. The third-order valence-electron chi connectivity index (χ3n) is 15.8. The highest BCUT2D eigenvalue weighted by Crippen LogP contribution is 2.56. The fourth-order valence-corrected chi connectivity index (χ4v) is 12.2. The van der Waals surface area contributed by atoms with Crippen LogP contribution in [0.4, 0.5) is 34.1 Å². The van der Waals surface area contributed by atoms with E-state index in [1.54, 1.807) is 0 Å². The molecule has 0 atom stereocenters. The van der Waals surface area contributed by atoms with Crippen molar-refractivity contribution in [3.63, 3.8) is 0 Å². The average Bonchev–Trinajstić information content (AvgIpc) is 3.41. The van der Waals surface area contributed by atoms with Gasteiger partial charge in [0.1, 0.15) is 0 Å². The van der Waals surface area contributed by atoms with Gasteiger partial charge in [-0.05, 0) is 140 Å². The second kappa shape index (κ2) is 18.8. The van der Waals surface area contributed by atoms with Gasteiger partial charge in [0.25, 0.3) is 0 Å². The van der Waals surface area contributed by atoms with Crippen LogP contribution in [0, 0.1) is 6.92 Å². The molecule has 2 aliphatic rings. The van der Waals surface area contributed by atoms with Gasteiger partial charge in [0.05, 0.1) is 28.4 Å². The molecule has 0 radical (unpaired) electrons. The van der Waals surface area contributed by atoms with E-state index in [1.165, 1.54) is 123 Å². The number of para-hydroxylation sites is 4. The molecular weight excluding hydrogens is 869 g/mol. The van der Waals surface area contributed by atoms with Crippen LogP contribution >= 0.6 is 0 Å². The first kappa shape index (κ1) is 46.7. The van der Waals surface area contributed by atoms with Crippen molar-refractivity contribution in [2.45, 2.75) is 91.9 Å². The third-order valence-corrected chi connectivity index (χ3v) is 15.8. The van der Waals surface area contributed by atoms with Crippen molar-refractivity contribution in [3.05, 3.63) is 244 Å². The zero-order chi connectivity index (χ0) is 49.7. The number of nitrogens with zero attached hydrogens (tertiary/aromatic N) is 2. The summed E-state index contributed by atoms with van der Waals surface area (Å²) in [5.74, 6) is 0. The molecule has 0 saturated carbocycles. The summed E-state index contributed by atoms with van der Waals surface area (Å²) in [7, 11) is 0. The first-order valence-electron chi connectivity index (χ1n) is 26.3. The first-order chi connectivity index (χ1) is 35.0. The van der Waals surface area contributed by atoms with Gasteiger partial charge in [-0.2, -0.15) is 0 Å². The van der Waals surface area contributed by atoms with E-state index in [2.05, 4.69) is 271 Å². The maximum Gasteiger partial charge on any atom is 0.0615 e. The predicted octanol–water partition coefficient (Wildman–Crippen LogP) is 19.8. The Morgan fingerprint density at radius 3 is 1.50 bits per heavy atom. The van der Waals surface area contributed by atoms with Crippen LogP contribution in [0.15, 0.2) is 188 Å². The van der Waals surface area contributed by atoms with Crippen molar-refractivity contribution < 1.29 is 0 Å². The van der Waals surface area contributed by atoms with Crippen molar-refractivity contribution in [3.8, 4) is 22.3 Å². The summed E-state index contributed by atoms with van der Waals surface area (Å²) < 4.78 is 0. The van der Waals surface area contributed by atoms with Gasteiger partial charge in [-0.1, -0.05) is 225 Å². The van der Waals surface area contributed by atoms with E-state index in [4.69, 9.17) is 0 Å². The number of fused-ring (bicyclic) bond motifs is 5. The minimum absolute atomic E-state index is 0.0856. The third kappa shape index (κ3) is 7.80. The number of allylic oxidation sites excluding steroid dienone is 1. The zero-order valence-corrected chi connectivity index (χ0v) is 43.4. The minimum Gasteiger partial charge on any atom is -0.310 e. The van der Waals surface area contributed by atoms with Crippen molar-refractivity contribution >= 4 is 63.1 Å². The van der Waals surface area contributed by atoms with Crippen molar-refractivity contribution in [2.24, 2.45) is 0 Å². The van der Waals surface area contributed by atoms with Gasteiger partial charge in [-0.25, -0.2) is 0 Å². The smallest absolute Gasteiger partial charge is 0.0615 e. The maximum atomic E-state index is 2.55. The molecule has 0 unspecified atom stereocenters. The maximum absolute atomic E-state index is 2.55. The molecule has 0 spiro atoms. The highest BCUT2D eigenvalue weighted by atomic mass is 15.2. The lowest BCUT2D eigenvalue weighted by Gasteiger charge is -2.43. The van der Waals surface area contributed by atoms with Gasteiger partial charge < -0.3 is 9.80 Å². The summed E-state index contributed by atoms with van der Waals surface area (Å²) in [5.41, 5.74) is 25.5. The normalized spacial score (nSPS) is 14.4. The Morgan fingerprint density at radius 2 is 0.944 bits per heavy atom. The Bertz CT molecular complexity index is 3480. The van der Waals surface area contributed by atoms with Crippen LogP contribution in [-0.4, -0.2) is 0 Å². The van der Waals surface area contributed by atoms with Gasteiger partial charge in [-0.3, -0.25) is 0 Å². The number of hydrogen-bond donors (Lipinski definition) is 0. The van der Waals surface area contributed by atoms with E-state index in [9.17, 15) is 0 Å². The molecule has 2 heterocycles. The Morgan fingerprint density at radius 1 is 0.458 bits per heavy atom. The number of rotatable bonds is 11. The lowest BCUT2D eigenvalue weighted by molar-refractivity contribution is 0.632. The van der Waals surface area contributed by atoms with E-state index < -0.39 is 0 Å².